The summed E-state index contributed by atoms with van der Waals surface area (Å²) < 4.78 is 10.2. The Morgan fingerprint density at radius 2 is 1.24 bits per heavy atom. The van der Waals surface area contributed by atoms with Crippen LogP contribution in [0.5, 0.6) is 11.5 Å². The van der Waals surface area contributed by atoms with Crippen molar-refractivity contribution in [2.45, 2.75) is 20.3 Å². The summed E-state index contributed by atoms with van der Waals surface area (Å²) in [7, 11) is 0. The molecule has 0 fully saturated rings. The predicted molar refractivity (Wildman–Crippen MR) is 96.8 cm³/mol. The van der Waals surface area contributed by atoms with Gasteiger partial charge in [-0.3, -0.25) is 0 Å². The number of aryl methyl sites for hydroxylation is 2. The van der Waals surface area contributed by atoms with Gasteiger partial charge in [0.2, 0.25) is 0 Å². The molecule has 0 spiro atoms. The molecule has 0 aromatic heterocycles. The fourth-order valence-corrected chi connectivity index (χ4v) is 2.38. The van der Waals surface area contributed by atoms with Crippen LogP contribution in [0.3, 0.4) is 0 Å². The van der Waals surface area contributed by atoms with Gasteiger partial charge in [-0.05, 0) is 66.8 Å². The van der Waals surface area contributed by atoms with Gasteiger partial charge in [0.25, 0.3) is 0 Å². The third kappa shape index (κ3) is 4.91. The second-order valence-electron chi connectivity index (χ2n) is 5.60. The van der Waals surface area contributed by atoms with Crippen LogP contribution in [0.1, 0.15) is 22.3 Å². The van der Waals surface area contributed by atoms with E-state index in [-0.39, 0.29) is 0 Å². The number of ether oxygens (including phenoxy) is 2. The van der Waals surface area contributed by atoms with Crippen molar-refractivity contribution >= 4 is 11.9 Å². The van der Waals surface area contributed by atoms with E-state index in [4.69, 9.17) is 9.47 Å². The van der Waals surface area contributed by atoms with Crippen LogP contribution in [0.2, 0.25) is 0 Å². The SMILES string of the molecule is C=CC(=O)Oc1ccc(Cc2ccc(OC(=O)C=C)cc2C)c(C)c1. The summed E-state index contributed by atoms with van der Waals surface area (Å²) in [5.74, 6) is 0.0319. The van der Waals surface area contributed by atoms with Crippen LogP contribution in [0.25, 0.3) is 0 Å². The maximum Gasteiger partial charge on any atom is 0.335 e. The Morgan fingerprint density at radius 1 is 0.840 bits per heavy atom. The average molecular weight is 336 g/mol. The Labute approximate surface area is 147 Å². The monoisotopic (exact) mass is 336 g/mol. The molecule has 128 valence electrons. The molecule has 0 aliphatic heterocycles. The minimum Gasteiger partial charge on any atom is -0.423 e. The molecule has 0 N–H and O–H groups in total. The van der Waals surface area contributed by atoms with E-state index in [2.05, 4.69) is 13.2 Å². The lowest BCUT2D eigenvalue weighted by Crippen LogP contribution is -2.04. The number of rotatable bonds is 6. The first-order valence-corrected chi connectivity index (χ1v) is 7.80. The summed E-state index contributed by atoms with van der Waals surface area (Å²) in [5.41, 5.74) is 4.29. The van der Waals surface area contributed by atoms with Crippen molar-refractivity contribution in [3.63, 3.8) is 0 Å². The minimum absolute atomic E-state index is 0.479. The van der Waals surface area contributed by atoms with E-state index >= 15 is 0 Å². The maximum atomic E-state index is 11.3. The Kier molecular flexibility index (Phi) is 5.90. The topological polar surface area (TPSA) is 52.6 Å². The molecule has 0 heterocycles. The Bertz CT molecular complexity index is 764. The number of esters is 2. The third-order valence-corrected chi connectivity index (χ3v) is 3.78. The van der Waals surface area contributed by atoms with Crippen molar-refractivity contribution in [2.24, 2.45) is 0 Å². The molecule has 25 heavy (non-hydrogen) atoms. The van der Waals surface area contributed by atoms with E-state index < -0.39 is 11.9 Å². The molecule has 0 radical (unpaired) electrons. The first kappa shape index (κ1) is 18.2. The molecule has 0 bridgehead atoms. The highest BCUT2D eigenvalue weighted by Crippen LogP contribution is 2.24. The summed E-state index contributed by atoms with van der Waals surface area (Å²) in [6, 6.07) is 11.1. The molecular weight excluding hydrogens is 316 g/mol. The highest BCUT2D eigenvalue weighted by molar-refractivity contribution is 5.83. The molecule has 0 saturated carbocycles. The van der Waals surface area contributed by atoms with Crippen LogP contribution >= 0.6 is 0 Å². The summed E-state index contributed by atoms with van der Waals surface area (Å²) in [4.78, 5) is 22.5. The van der Waals surface area contributed by atoms with Gasteiger partial charge < -0.3 is 9.47 Å². The Morgan fingerprint density at radius 3 is 1.56 bits per heavy atom. The lowest BCUT2D eigenvalue weighted by Gasteiger charge is -2.11. The predicted octanol–water partition coefficient (Wildman–Crippen LogP) is 4.08. The van der Waals surface area contributed by atoms with Gasteiger partial charge in [-0.15, -0.1) is 0 Å². The van der Waals surface area contributed by atoms with Gasteiger partial charge >= 0.3 is 11.9 Å². The fraction of sp³-hybridized carbons (Fsp3) is 0.143. The van der Waals surface area contributed by atoms with Crippen molar-refractivity contribution in [3.05, 3.63) is 84.0 Å². The van der Waals surface area contributed by atoms with Crippen LogP contribution in [0, 0.1) is 13.8 Å². The first-order valence-electron chi connectivity index (χ1n) is 7.80. The van der Waals surface area contributed by atoms with Gasteiger partial charge in [-0.2, -0.15) is 0 Å². The van der Waals surface area contributed by atoms with E-state index in [1.807, 2.05) is 38.1 Å². The molecular formula is C21H20O4. The summed E-state index contributed by atoms with van der Waals surface area (Å²) >= 11 is 0. The average Bonchev–Trinajstić information content (AvgIpc) is 2.59. The molecule has 0 atom stereocenters. The molecule has 0 aliphatic rings. The standard InChI is InChI=1S/C21H20O4/c1-5-20(22)24-18-9-7-16(14(3)11-18)13-17-8-10-19(12-15(17)4)25-21(23)6-2/h5-12H,1-2,13H2,3-4H3. The molecule has 0 saturated heterocycles. The highest BCUT2D eigenvalue weighted by atomic mass is 16.5. The van der Waals surface area contributed by atoms with Crippen LogP contribution in [-0.2, 0) is 16.0 Å². The summed E-state index contributed by atoms with van der Waals surface area (Å²) in [6.45, 7) is 10.7. The lowest BCUT2D eigenvalue weighted by molar-refractivity contribution is -0.129. The quantitative estimate of drug-likeness (QED) is 0.453. The molecule has 0 unspecified atom stereocenters. The number of carbonyl (C=O) groups excluding carboxylic acids is 2. The number of carbonyl (C=O) groups is 2. The Balaban J connectivity index is 2.16. The third-order valence-electron chi connectivity index (χ3n) is 3.78. The maximum absolute atomic E-state index is 11.3. The normalized spacial score (nSPS) is 10.0. The molecule has 0 amide bonds. The smallest absolute Gasteiger partial charge is 0.335 e. The highest BCUT2D eigenvalue weighted by Gasteiger charge is 2.08. The zero-order valence-electron chi connectivity index (χ0n) is 14.4. The summed E-state index contributed by atoms with van der Waals surface area (Å²) in [6.07, 6.45) is 2.99. The van der Waals surface area contributed by atoms with E-state index in [0.717, 1.165) is 40.8 Å². The van der Waals surface area contributed by atoms with Crippen LogP contribution in [-0.4, -0.2) is 11.9 Å². The van der Waals surface area contributed by atoms with Gasteiger partial charge in [-0.1, -0.05) is 25.3 Å². The zero-order valence-corrected chi connectivity index (χ0v) is 14.4. The van der Waals surface area contributed by atoms with Crippen LogP contribution in [0.15, 0.2) is 61.7 Å². The van der Waals surface area contributed by atoms with Crippen molar-refractivity contribution in [1.29, 1.82) is 0 Å². The van der Waals surface area contributed by atoms with Crippen molar-refractivity contribution in [3.8, 4) is 11.5 Å². The molecule has 2 aromatic rings. The second kappa shape index (κ2) is 8.11. The zero-order chi connectivity index (χ0) is 18.4. The van der Waals surface area contributed by atoms with E-state index in [1.165, 1.54) is 0 Å². The molecule has 4 heteroatoms. The van der Waals surface area contributed by atoms with E-state index in [9.17, 15) is 9.59 Å². The second-order valence-corrected chi connectivity index (χ2v) is 5.60. The minimum atomic E-state index is -0.479. The largest absolute Gasteiger partial charge is 0.423 e. The molecule has 2 rings (SSSR count). The Hall–Kier alpha value is -3.14. The van der Waals surface area contributed by atoms with Gasteiger partial charge in [0.1, 0.15) is 11.5 Å². The molecule has 4 nitrogen and oxygen atoms in total. The van der Waals surface area contributed by atoms with Gasteiger partial charge in [0.15, 0.2) is 0 Å². The number of hydrogen-bond donors (Lipinski definition) is 0. The number of benzene rings is 2. The van der Waals surface area contributed by atoms with Crippen molar-refractivity contribution in [1.82, 2.24) is 0 Å². The van der Waals surface area contributed by atoms with Gasteiger partial charge in [-0.25, -0.2) is 9.59 Å². The summed E-state index contributed by atoms with van der Waals surface area (Å²) in [5, 5.41) is 0. The molecule has 0 aliphatic carbocycles. The van der Waals surface area contributed by atoms with E-state index in [0.29, 0.717) is 11.5 Å². The van der Waals surface area contributed by atoms with Crippen molar-refractivity contribution < 1.29 is 19.1 Å². The number of hydrogen-bond acceptors (Lipinski definition) is 4. The lowest BCUT2D eigenvalue weighted by atomic mass is 9.97. The fourth-order valence-electron chi connectivity index (χ4n) is 2.38. The first-order chi connectivity index (χ1) is 11.9. The van der Waals surface area contributed by atoms with Crippen LogP contribution < -0.4 is 9.47 Å². The van der Waals surface area contributed by atoms with E-state index in [1.54, 1.807) is 12.1 Å². The molecule has 2 aromatic carbocycles. The van der Waals surface area contributed by atoms with Crippen LogP contribution in [0.4, 0.5) is 0 Å². The van der Waals surface area contributed by atoms with Gasteiger partial charge in [0, 0.05) is 12.2 Å². The van der Waals surface area contributed by atoms with Gasteiger partial charge in [0.05, 0.1) is 0 Å². The van der Waals surface area contributed by atoms with Crippen molar-refractivity contribution in [2.75, 3.05) is 0 Å².